The van der Waals surface area contributed by atoms with Gasteiger partial charge >= 0.3 is 24.0 Å². The Kier molecular flexibility index (Phi) is 11.9. The van der Waals surface area contributed by atoms with Crippen LogP contribution in [-0.4, -0.2) is 45.5 Å². The summed E-state index contributed by atoms with van der Waals surface area (Å²) in [5, 5.41) is 10.3. The van der Waals surface area contributed by atoms with Crippen LogP contribution in [-0.2, 0) is 4.74 Å². The van der Waals surface area contributed by atoms with Crippen LogP contribution in [0.3, 0.4) is 0 Å². The van der Waals surface area contributed by atoms with Gasteiger partial charge in [0.05, 0.1) is 11.4 Å². The first-order valence-corrected chi connectivity index (χ1v) is 19.0. The molecule has 2 heterocycles. The average Bonchev–Trinajstić information content (AvgIpc) is 3.94. The molecule has 2 aliphatic rings. The van der Waals surface area contributed by atoms with Crippen LogP contribution >= 0.6 is 57.5 Å². The van der Waals surface area contributed by atoms with Crippen LogP contribution in [0.25, 0.3) is 0 Å². The molecule has 0 unspecified atom stereocenters. The quantitative estimate of drug-likeness (QED) is 0.0688. The third-order valence-electron chi connectivity index (χ3n) is 8.57. The maximum atomic E-state index is 13.1. The van der Waals surface area contributed by atoms with E-state index in [2.05, 4.69) is 31.2 Å². The molecule has 0 spiro atoms. The number of carbonyl (C=O) groups is 6. The molecule has 52 heavy (non-hydrogen) atoms. The lowest BCUT2D eigenvalue weighted by Crippen LogP contribution is -2.22. The molecule has 2 aromatic heterocycles. The maximum Gasteiger partial charge on any atom is 0.367 e. The highest BCUT2D eigenvalue weighted by Crippen LogP contribution is 2.34. The van der Waals surface area contributed by atoms with E-state index >= 15 is 0 Å². The minimum absolute atomic E-state index is 0.0363. The Balaban J connectivity index is 1.05. The molecule has 0 atom stereocenters. The standard InChI is InChI=1S/C34H29Cl3N6O7S2/c35-18-13-14-22(20(15-18)26(45)17-9-3-4-10-17)39-32(49)43-34-41-24(28(37)52-34)30(47)50-29(46)23-27(36)51-33(40-23)42-31(48)38-21-12-6-5-11-19(21)25(44)16-7-1-2-8-16/h5-6,11-17H,1-4,7-10H2,(H2,38,40,42,48)(H2,39,41,43,49). The number of carbonyl (C=O) groups excluding carboxylic acids is 6. The molecule has 4 amide bonds. The first kappa shape index (κ1) is 37.4. The summed E-state index contributed by atoms with van der Waals surface area (Å²) >= 11 is 20.0. The average molecular weight is 804 g/mol. The van der Waals surface area contributed by atoms with Gasteiger partial charge in [0, 0.05) is 28.0 Å². The van der Waals surface area contributed by atoms with E-state index in [0.29, 0.717) is 16.3 Å². The van der Waals surface area contributed by atoms with Crippen molar-refractivity contribution in [3.63, 3.8) is 0 Å². The Labute approximate surface area is 319 Å². The second-order valence-electron chi connectivity index (χ2n) is 12.0. The van der Waals surface area contributed by atoms with Crippen molar-refractivity contribution in [1.29, 1.82) is 0 Å². The van der Waals surface area contributed by atoms with Crippen molar-refractivity contribution in [3.8, 4) is 0 Å². The van der Waals surface area contributed by atoms with Gasteiger partial charge in [-0.25, -0.2) is 29.1 Å². The molecule has 0 saturated heterocycles. The zero-order valence-electron chi connectivity index (χ0n) is 27.1. The molecular weight excluding hydrogens is 775 g/mol. The maximum absolute atomic E-state index is 13.1. The minimum Gasteiger partial charge on any atom is -0.383 e. The number of urea groups is 2. The first-order chi connectivity index (χ1) is 25.0. The number of aromatic nitrogens is 2. The molecule has 2 fully saturated rings. The molecule has 0 aliphatic heterocycles. The van der Waals surface area contributed by atoms with Gasteiger partial charge in [0.25, 0.3) is 0 Å². The zero-order valence-corrected chi connectivity index (χ0v) is 31.0. The molecule has 6 rings (SSSR count). The van der Waals surface area contributed by atoms with E-state index in [1.54, 1.807) is 24.3 Å². The van der Waals surface area contributed by atoms with Gasteiger partial charge in [0.2, 0.25) is 0 Å². The number of ether oxygens (including phenoxy) is 1. The molecule has 0 bridgehead atoms. The summed E-state index contributed by atoms with van der Waals surface area (Å²) < 4.78 is 4.53. The smallest absolute Gasteiger partial charge is 0.367 e. The fourth-order valence-electron chi connectivity index (χ4n) is 6.10. The van der Waals surface area contributed by atoms with Crippen molar-refractivity contribution >= 4 is 115 Å². The van der Waals surface area contributed by atoms with E-state index in [0.717, 1.165) is 74.0 Å². The highest BCUT2D eigenvalue weighted by atomic mass is 35.5. The van der Waals surface area contributed by atoms with Crippen molar-refractivity contribution in [2.75, 3.05) is 21.3 Å². The number of anilines is 4. The fourth-order valence-corrected chi connectivity index (χ4v) is 8.30. The Morgan fingerprint density at radius 3 is 1.60 bits per heavy atom. The van der Waals surface area contributed by atoms with Gasteiger partial charge in [0.1, 0.15) is 8.67 Å². The van der Waals surface area contributed by atoms with Gasteiger partial charge in [-0.3, -0.25) is 20.2 Å². The Bertz CT molecular complexity index is 2080. The summed E-state index contributed by atoms with van der Waals surface area (Å²) in [7, 11) is 0. The lowest BCUT2D eigenvalue weighted by Gasteiger charge is -2.14. The molecule has 2 saturated carbocycles. The van der Waals surface area contributed by atoms with E-state index in [4.69, 9.17) is 39.5 Å². The van der Waals surface area contributed by atoms with Gasteiger partial charge in [0.15, 0.2) is 33.2 Å². The molecule has 2 aromatic carbocycles. The second-order valence-corrected chi connectivity index (χ2v) is 15.7. The lowest BCUT2D eigenvalue weighted by molar-refractivity contribution is 0.0390. The van der Waals surface area contributed by atoms with Crippen molar-refractivity contribution in [2.24, 2.45) is 11.8 Å². The zero-order chi connectivity index (χ0) is 36.9. The van der Waals surface area contributed by atoms with Crippen molar-refractivity contribution in [2.45, 2.75) is 51.4 Å². The molecule has 4 N–H and O–H groups in total. The molecule has 13 nitrogen and oxygen atoms in total. The number of rotatable bonds is 10. The summed E-state index contributed by atoms with van der Waals surface area (Å²) in [4.78, 5) is 85.5. The number of Topliss-reactive ketones (excluding diaryl/α,β-unsaturated/α-hetero) is 2. The molecule has 2 aliphatic carbocycles. The number of hydrogen-bond donors (Lipinski definition) is 4. The van der Waals surface area contributed by atoms with E-state index in [1.165, 1.54) is 18.2 Å². The normalized spacial score (nSPS) is 14.5. The van der Waals surface area contributed by atoms with Crippen LogP contribution in [0.1, 0.15) is 93.1 Å². The highest BCUT2D eigenvalue weighted by Gasteiger charge is 2.29. The Morgan fingerprint density at radius 1 is 0.615 bits per heavy atom. The predicted octanol–water partition coefficient (Wildman–Crippen LogP) is 9.59. The van der Waals surface area contributed by atoms with Gasteiger partial charge in [-0.1, -0.05) is 95.3 Å². The van der Waals surface area contributed by atoms with E-state index < -0.39 is 35.4 Å². The number of nitrogens with zero attached hydrogens (tertiary/aromatic N) is 2. The van der Waals surface area contributed by atoms with E-state index in [9.17, 15) is 28.8 Å². The van der Waals surface area contributed by atoms with Crippen LogP contribution in [0.2, 0.25) is 13.7 Å². The number of ketones is 2. The monoisotopic (exact) mass is 802 g/mol. The summed E-state index contributed by atoms with van der Waals surface area (Å²) in [6, 6.07) is 9.72. The highest BCUT2D eigenvalue weighted by molar-refractivity contribution is 7.20. The topological polar surface area (TPSA) is 186 Å². The van der Waals surface area contributed by atoms with E-state index in [-0.39, 0.29) is 53.6 Å². The summed E-state index contributed by atoms with van der Waals surface area (Å²) in [5.74, 6) is -2.88. The third-order valence-corrected chi connectivity index (χ3v) is 11.1. The molecule has 18 heteroatoms. The number of benzene rings is 2. The molecule has 0 radical (unpaired) electrons. The fraction of sp³-hybridized carbons (Fsp3) is 0.294. The van der Waals surface area contributed by atoms with Crippen LogP contribution < -0.4 is 21.3 Å². The van der Waals surface area contributed by atoms with Crippen molar-refractivity contribution < 1.29 is 33.5 Å². The van der Waals surface area contributed by atoms with Gasteiger partial charge in [-0.15, -0.1) is 0 Å². The molecule has 270 valence electrons. The van der Waals surface area contributed by atoms with Gasteiger partial charge in [-0.05, 0) is 56.0 Å². The van der Waals surface area contributed by atoms with Crippen LogP contribution in [0.5, 0.6) is 0 Å². The van der Waals surface area contributed by atoms with Crippen molar-refractivity contribution in [3.05, 3.63) is 78.7 Å². The van der Waals surface area contributed by atoms with E-state index in [1.807, 2.05) is 0 Å². The lowest BCUT2D eigenvalue weighted by atomic mass is 9.95. The SMILES string of the molecule is O=C(Nc1nc(C(=O)OC(=O)c2nc(NC(=O)Nc3ccc(Cl)cc3C(=O)C3CCCC3)sc2Cl)c(Cl)s1)Nc1ccccc1C(=O)C1CCCC1. The number of esters is 2. The second kappa shape index (κ2) is 16.5. The van der Waals surface area contributed by atoms with Gasteiger partial charge < -0.3 is 15.4 Å². The third kappa shape index (κ3) is 8.78. The van der Waals surface area contributed by atoms with Crippen LogP contribution in [0.4, 0.5) is 31.2 Å². The van der Waals surface area contributed by atoms with Crippen LogP contribution in [0, 0.1) is 11.8 Å². The number of nitrogens with one attached hydrogen (secondary N) is 4. The van der Waals surface area contributed by atoms with Gasteiger partial charge in [-0.2, -0.15) is 0 Å². The molecular formula is C34H29Cl3N6O7S2. The van der Waals surface area contributed by atoms with Crippen molar-refractivity contribution in [1.82, 2.24) is 9.97 Å². The largest absolute Gasteiger partial charge is 0.383 e. The predicted molar refractivity (Wildman–Crippen MR) is 200 cm³/mol. The Morgan fingerprint density at radius 2 is 1.08 bits per heavy atom. The number of thiazole rings is 2. The number of hydrogen-bond acceptors (Lipinski definition) is 11. The minimum atomic E-state index is -1.25. The summed E-state index contributed by atoms with van der Waals surface area (Å²) in [5.41, 5.74) is 0.324. The summed E-state index contributed by atoms with van der Waals surface area (Å²) in [6.45, 7) is 0. The first-order valence-electron chi connectivity index (χ1n) is 16.2. The Hall–Kier alpha value is -4.41. The number of amides is 4. The number of halogens is 3. The number of para-hydroxylation sites is 1. The van der Waals surface area contributed by atoms with Crippen LogP contribution in [0.15, 0.2) is 42.5 Å². The summed E-state index contributed by atoms with van der Waals surface area (Å²) in [6.07, 6.45) is 7.01. The molecule has 4 aromatic rings.